The molecular formula is C20H25NO4. The summed E-state index contributed by atoms with van der Waals surface area (Å²) < 4.78 is 15.9. The summed E-state index contributed by atoms with van der Waals surface area (Å²) in [5.74, 6) is 1.40. The molecule has 0 atom stereocenters. The first-order valence-electron chi connectivity index (χ1n) is 8.20. The lowest BCUT2D eigenvalue weighted by Gasteiger charge is -2.20. The lowest BCUT2D eigenvalue weighted by atomic mass is 10.1. The predicted molar refractivity (Wildman–Crippen MR) is 97.8 cm³/mol. The standard InChI is InChI=1S/C20H25NO4/c1-21(12-8-11-15-9-6-5-7-10-15)20(22)16-13-18(24-3)19(25-4)14-17(16)23-2/h5-7,9-10,13-14H,8,11-12H2,1-4H3. The van der Waals surface area contributed by atoms with Crippen LogP contribution in [0.3, 0.4) is 0 Å². The van der Waals surface area contributed by atoms with Gasteiger partial charge in [-0.1, -0.05) is 30.3 Å². The van der Waals surface area contributed by atoms with Crippen LogP contribution in [-0.4, -0.2) is 45.7 Å². The van der Waals surface area contributed by atoms with Crippen molar-refractivity contribution in [2.24, 2.45) is 0 Å². The van der Waals surface area contributed by atoms with Crippen LogP contribution in [0.1, 0.15) is 22.3 Å². The number of amides is 1. The molecule has 2 rings (SSSR count). The van der Waals surface area contributed by atoms with Gasteiger partial charge in [0.2, 0.25) is 0 Å². The summed E-state index contributed by atoms with van der Waals surface area (Å²) in [5.41, 5.74) is 1.73. The number of nitrogens with zero attached hydrogens (tertiary/aromatic N) is 1. The second kappa shape index (κ2) is 8.97. The van der Waals surface area contributed by atoms with Crippen molar-refractivity contribution in [1.29, 1.82) is 0 Å². The molecule has 0 N–H and O–H groups in total. The number of carbonyl (C=O) groups excluding carboxylic acids is 1. The molecule has 5 nitrogen and oxygen atoms in total. The van der Waals surface area contributed by atoms with Crippen LogP contribution in [0.25, 0.3) is 0 Å². The summed E-state index contributed by atoms with van der Waals surface area (Å²) in [7, 11) is 6.42. The Morgan fingerprint density at radius 1 is 0.920 bits per heavy atom. The van der Waals surface area contributed by atoms with Crippen molar-refractivity contribution in [2.75, 3.05) is 34.9 Å². The van der Waals surface area contributed by atoms with E-state index in [-0.39, 0.29) is 5.91 Å². The molecule has 0 radical (unpaired) electrons. The number of methoxy groups -OCH3 is 3. The summed E-state index contributed by atoms with van der Waals surface area (Å²) in [4.78, 5) is 14.5. The third-order valence-corrected chi connectivity index (χ3v) is 4.08. The van der Waals surface area contributed by atoms with E-state index in [9.17, 15) is 4.79 Å². The maximum Gasteiger partial charge on any atom is 0.257 e. The fourth-order valence-corrected chi connectivity index (χ4v) is 2.67. The molecule has 134 valence electrons. The molecule has 0 fully saturated rings. The van der Waals surface area contributed by atoms with Gasteiger partial charge in [-0.3, -0.25) is 4.79 Å². The van der Waals surface area contributed by atoms with E-state index in [1.54, 1.807) is 38.3 Å². The summed E-state index contributed by atoms with van der Waals surface area (Å²) in [6.45, 7) is 0.658. The smallest absolute Gasteiger partial charge is 0.257 e. The predicted octanol–water partition coefficient (Wildman–Crippen LogP) is 3.42. The fourth-order valence-electron chi connectivity index (χ4n) is 2.67. The van der Waals surface area contributed by atoms with Gasteiger partial charge in [-0.2, -0.15) is 0 Å². The lowest BCUT2D eigenvalue weighted by Crippen LogP contribution is -2.28. The number of benzene rings is 2. The zero-order valence-electron chi connectivity index (χ0n) is 15.2. The third-order valence-electron chi connectivity index (χ3n) is 4.08. The first-order chi connectivity index (χ1) is 12.1. The Morgan fingerprint density at radius 2 is 1.52 bits per heavy atom. The van der Waals surface area contributed by atoms with E-state index in [0.717, 1.165) is 12.8 Å². The highest BCUT2D eigenvalue weighted by Crippen LogP contribution is 2.35. The van der Waals surface area contributed by atoms with E-state index in [4.69, 9.17) is 14.2 Å². The highest BCUT2D eigenvalue weighted by Gasteiger charge is 2.20. The Balaban J connectivity index is 2.07. The molecule has 0 heterocycles. The summed E-state index contributed by atoms with van der Waals surface area (Å²) in [6.07, 6.45) is 1.82. The molecular weight excluding hydrogens is 318 g/mol. The highest BCUT2D eigenvalue weighted by atomic mass is 16.5. The van der Waals surface area contributed by atoms with Gasteiger partial charge in [0.05, 0.1) is 26.9 Å². The van der Waals surface area contributed by atoms with Gasteiger partial charge in [-0.05, 0) is 18.4 Å². The van der Waals surface area contributed by atoms with Crippen LogP contribution in [0, 0.1) is 0 Å². The van der Waals surface area contributed by atoms with Crippen LogP contribution >= 0.6 is 0 Å². The largest absolute Gasteiger partial charge is 0.496 e. The number of ether oxygens (including phenoxy) is 3. The second-order valence-corrected chi connectivity index (χ2v) is 5.72. The zero-order chi connectivity index (χ0) is 18.2. The van der Waals surface area contributed by atoms with E-state index in [1.807, 2.05) is 18.2 Å². The monoisotopic (exact) mass is 343 g/mol. The minimum atomic E-state index is -0.106. The Kier molecular flexibility index (Phi) is 6.69. The molecule has 0 aliphatic carbocycles. The number of aryl methyl sites for hydroxylation is 1. The van der Waals surface area contributed by atoms with Crippen LogP contribution in [0.4, 0.5) is 0 Å². The molecule has 1 amide bonds. The first kappa shape index (κ1) is 18.6. The molecule has 0 aliphatic heterocycles. The Bertz CT molecular complexity index is 700. The maximum atomic E-state index is 12.8. The van der Waals surface area contributed by atoms with E-state index in [1.165, 1.54) is 12.7 Å². The average Bonchev–Trinajstić information content (AvgIpc) is 2.66. The topological polar surface area (TPSA) is 48.0 Å². The van der Waals surface area contributed by atoms with E-state index in [2.05, 4.69) is 12.1 Å². The van der Waals surface area contributed by atoms with E-state index in [0.29, 0.717) is 29.4 Å². The number of carbonyl (C=O) groups is 1. The summed E-state index contributed by atoms with van der Waals surface area (Å²) in [5, 5.41) is 0. The van der Waals surface area contributed by atoms with Gasteiger partial charge in [0.1, 0.15) is 5.75 Å². The Morgan fingerprint density at radius 3 is 2.12 bits per heavy atom. The van der Waals surface area contributed by atoms with Gasteiger partial charge >= 0.3 is 0 Å². The molecule has 0 saturated heterocycles. The van der Waals surface area contributed by atoms with Gasteiger partial charge in [0.15, 0.2) is 11.5 Å². The van der Waals surface area contributed by atoms with Gasteiger partial charge in [-0.25, -0.2) is 0 Å². The molecule has 0 bridgehead atoms. The van der Waals surface area contributed by atoms with Crippen LogP contribution < -0.4 is 14.2 Å². The molecule has 25 heavy (non-hydrogen) atoms. The van der Waals surface area contributed by atoms with Crippen LogP contribution in [0.5, 0.6) is 17.2 Å². The fraction of sp³-hybridized carbons (Fsp3) is 0.350. The number of rotatable bonds is 8. The maximum absolute atomic E-state index is 12.8. The third kappa shape index (κ3) is 4.66. The molecule has 5 heteroatoms. The van der Waals surface area contributed by atoms with Crippen molar-refractivity contribution < 1.29 is 19.0 Å². The zero-order valence-corrected chi connectivity index (χ0v) is 15.2. The average molecular weight is 343 g/mol. The quantitative estimate of drug-likeness (QED) is 0.737. The normalized spacial score (nSPS) is 10.2. The summed E-state index contributed by atoms with van der Waals surface area (Å²) >= 11 is 0. The minimum Gasteiger partial charge on any atom is -0.496 e. The van der Waals surface area contributed by atoms with Crippen molar-refractivity contribution in [1.82, 2.24) is 4.90 Å². The molecule has 0 aromatic heterocycles. The van der Waals surface area contributed by atoms with Crippen LogP contribution in [0.2, 0.25) is 0 Å². The Labute approximate surface area is 149 Å². The summed E-state index contributed by atoms with van der Waals surface area (Å²) in [6, 6.07) is 13.6. The molecule has 0 saturated carbocycles. The van der Waals surface area contributed by atoms with E-state index < -0.39 is 0 Å². The van der Waals surface area contributed by atoms with Crippen LogP contribution in [0.15, 0.2) is 42.5 Å². The molecule has 2 aromatic rings. The van der Waals surface area contributed by atoms with Gasteiger partial charge in [0.25, 0.3) is 5.91 Å². The van der Waals surface area contributed by atoms with Gasteiger partial charge in [0, 0.05) is 25.7 Å². The highest BCUT2D eigenvalue weighted by molar-refractivity contribution is 5.97. The SMILES string of the molecule is COc1cc(OC)c(C(=O)N(C)CCCc2ccccc2)cc1OC. The minimum absolute atomic E-state index is 0.106. The molecule has 0 unspecified atom stereocenters. The molecule has 2 aromatic carbocycles. The van der Waals surface area contributed by atoms with Crippen molar-refractivity contribution in [3.63, 3.8) is 0 Å². The Hall–Kier alpha value is -2.69. The lowest BCUT2D eigenvalue weighted by molar-refractivity contribution is 0.0789. The second-order valence-electron chi connectivity index (χ2n) is 5.72. The van der Waals surface area contributed by atoms with Crippen molar-refractivity contribution in [2.45, 2.75) is 12.8 Å². The van der Waals surface area contributed by atoms with Crippen molar-refractivity contribution in [3.05, 3.63) is 53.6 Å². The first-order valence-corrected chi connectivity index (χ1v) is 8.20. The number of hydrogen-bond donors (Lipinski definition) is 0. The molecule has 0 aliphatic rings. The van der Waals surface area contributed by atoms with E-state index >= 15 is 0 Å². The number of hydrogen-bond acceptors (Lipinski definition) is 4. The van der Waals surface area contributed by atoms with Crippen molar-refractivity contribution >= 4 is 5.91 Å². The van der Waals surface area contributed by atoms with Gasteiger partial charge in [-0.15, -0.1) is 0 Å². The molecule has 0 spiro atoms. The van der Waals surface area contributed by atoms with Gasteiger partial charge < -0.3 is 19.1 Å². The van der Waals surface area contributed by atoms with Crippen molar-refractivity contribution in [3.8, 4) is 17.2 Å². The van der Waals surface area contributed by atoms with Crippen LogP contribution in [-0.2, 0) is 6.42 Å².